The predicted octanol–water partition coefficient (Wildman–Crippen LogP) is -10.1. The molecule has 4 rings (SSSR count). The van der Waals surface area contributed by atoms with Gasteiger partial charge in [0, 0.05) is 25.0 Å². The van der Waals surface area contributed by atoms with E-state index in [-0.39, 0.29) is 13.1 Å². The summed E-state index contributed by atoms with van der Waals surface area (Å²) in [5, 5.41) is 98.1. The average molecular weight is 766 g/mol. The van der Waals surface area contributed by atoms with Gasteiger partial charge >= 0.3 is 0 Å². The van der Waals surface area contributed by atoms with E-state index in [1.807, 2.05) is 0 Å². The Morgan fingerprint density at radius 1 is 0.769 bits per heavy atom. The van der Waals surface area contributed by atoms with Crippen molar-refractivity contribution in [3.63, 3.8) is 0 Å². The molecule has 21 unspecified atom stereocenters. The van der Waals surface area contributed by atoms with E-state index in [0.717, 1.165) is 0 Å². The first-order valence-electron chi connectivity index (χ1n) is 16.7. The van der Waals surface area contributed by atoms with E-state index in [1.165, 1.54) is 0 Å². The first-order valence-corrected chi connectivity index (χ1v) is 16.7. The molecule has 1 amide bonds. The predicted molar refractivity (Wildman–Crippen MR) is 167 cm³/mol. The lowest BCUT2D eigenvalue weighted by Crippen LogP contribution is -2.71. The summed E-state index contributed by atoms with van der Waals surface area (Å²) in [5.74, 6) is -7.17. The number of alkyl halides is 2. The highest BCUT2D eigenvalue weighted by atomic mass is 19.3. The molecule has 3 aliphatic heterocycles. The molecule has 0 spiro atoms. The van der Waals surface area contributed by atoms with E-state index in [1.54, 1.807) is 0 Å². The summed E-state index contributed by atoms with van der Waals surface area (Å²) >= 11 is 0. The highest BCUT2D eigenvalue weighted by Gasteiger charge is 2.57. The number of nitrogens with one attached hydrogen (secondary N) is 1. The van der Waals surface area contributed by atoms with E-state index in [0.29, 0.717) is 0 Å². The highest BCUT2D eigenvalue weighted by molar-refractivity contribution is 5.82. The topological polar surface area (TPSA) is 413 Å². The number of ether oxygens (including phenoxy) is 5. The minimum atomic E-state index is -4.06. The molecule has 0 aromatic carbocycles. The molecular formula is C28H53F2N7O15. The van der Waals surface area contributed by atoms with E-state index >= 15 is 0 Å². The number of aliphatic hydroxyl groups excluding tert-OH is 9. The van der Waals surface area contributed by atoms with Crippen LogP contribution in [0.15, 0.2) is 0 Å². The third-order valence-electron chi connectivity index (χ3n) is 10.2. The van der Waals surface area contributed by atoms with Gasteiger partial charge in [0.05, 0.1) is 49.6 Å². The Morgan fingerprint density at radius 3 is 1.87 bits per heavy atom. The average Bonchev–Trinajstić information content (AvgIpc) is 3.41. The summed E-state index contributed by atoms with van der Waals surface area (Å²) in [6, 6.07) is -5.69. The van der Waals surface area contributed by atoms with Crippen molar-refractivity contribution >= 4 is 5.91 Å². The van der Waals surface area contributed by atoms with Crippen LogP contribution in [-0.4, -0.2) is 206 Å². The van der Waals surface area contributed by atoms with E-state index in [9.17, 15) is 59.5 Å². The molecule has 0 aromatic rings. The number of aliphatic hydroxyl groups is 9. The molecule has 3 saturated heterocycles. The highest BCUT2D eigenvalue weighted by Crippen LogP contribution is 2.38. The number of carbonyl (C=O) groups is 1. The van der Waals surface area contributed by atoms with Gasteiger partial charge in [-0.2, -0.15) is 0 Å². The zero-order valence-corrected chi connectivity index (χ0v) is 27.9. The molecule has 0 bridgehead atoms. The fraction of sp³-hybridized carbons (Fsp3) is 0.964. The van der Waals surface area contributed by atoms with Gasteiger partial charge in [0.2, 0.25) is 0 Å². The van der Waals surface area contributed by atoms with E-state index < -0.39 is 160 Å². The van der Waals surface area contributed by atoms with Gasteiger partial charge in [-0.1, -0.05) is 0 Å². The van der Waals surface area contributed by atoms with E-state index in [2.05, 4.69) is 5.32 Å². The second-order valence-electron chi connectivity index (χ2n) is 13.6. The molecule has 0 radical (unpaired) electrons. The molecule has 1 aliphatic carbocycles. The molecule has 304 valence electrons. The molecule has 0 aromatic heterocycles. The van der Waals surface area contributed by atoms with Crippen LogP contribution >= 0.6 is 0 Å². The summed E-state index contributed by atoms with van der Waals surface area (Å²) in [5.41, 5.74) is 34.8. The fourth-order valence-electron chi connectivity index (χ4n) is 7.07. The van der Waals surface area contributed by atoms with Crippen LogP contribution in [0.2, 0.25) is 0 Å². The quantitative estimate of drug-likeness (QED) is 0.0827. The van der Waals surface area contributed by atoms with Crippen LogP contribution in [0.4, 0.5) is 8.78 Å². The number of halogens is 2. The molecule has 3 heterocycles. The Morgan fingerprint density at radius 2 is 1.31 bits per heavy atom. The molecule has 1 saturated carbocycles. The lowest BCUT2D eigenvalue weighted by Gasteiger charge is -2.50. The van der Waals surface area contributed by atoms with Crippen molar-refractivity contribution in [1.29, 1.82) is 0 Å². The zero-order chi connectivity index (χ0) is 39.0. The van der Waals surface area contributed by atoms with Crippen molar-refractivity contribution in [2.45, 2.75) is 135 Å². The van der Waals surface area contributed by atoms with Crippen LogP contribution in [-0.2, 0) is 28.5 Å². The summed E-state index contributed by atoms with van der Waals surface area (Å²) in [4.78, 5) is 12.6. The van der Waals surface area contributed by atoms with Crippen molar-refractivity contribution in [2.75, 3.05) is 26.2 Å². The van der Waals surface area contributed by atoms with E-state index in [4.69, 9.17) is 58.1 Å². The number of hydrogen-bond acceptors (Lipinski definition) is 21. The third-order valence-corrected chi connectivity index (χ3v) is 10.2. The SMILES string of the molecule is NCC1OC(OC2C(CO)OC(OC3C(O)C(NC(=O)C(O)C(F)(F)CN)CC(N)C3C(O)C3OC(CN)C(O)C(O)C3N)C2O)C(N)C(O)C1O. The second kappa shape index (κ2) is 17.5. The van der Waals surface area contributed by atoms with Crippen molar-refractivity contribution < 1.29 is 83.2 Å². The number of nitrogens with two attached hydrogens (primary N) is 6. The van der Waals surface area contributed by atoms with Gasteiger partial charge in [0.15, 0.2) is 18.7 Å². The minimum Gasteiger partial charge on any atom is -0.394 e. The summed E-state index contributed by atoms with van der Waals surface area (Å²) in [6.07, 6.45) is -27.2. The smallest absolute Gasteiger partial charge is 0.294 e. The molecule has 24 heteroatoms. The standard InChI is InChI=1S/C28H53F2N7O15/c29-28(30,5-33)24(46)25(47)37-7-1-6(34)11(17(42)23-12(35)18(43)15(40)8(2-31)48-23)22(14(7)39)52-27-20(45)21(10(4-38)50-27)51-26-13(36)19(44)16(41)9(3-32)49-26/h6-24,26-27,38-46H,1-5,31-36H2,(H,37,47). The summed E-state index contributed by atoms with van der Waals surface area (Å²) in [6.45, 7) is -2.79. The lowest BCUT2D eigenvalue weighted by molar-refractivity contribution is -0.280. The fourth-order valence-corrected chi connectivity index (χ4v) is 7.07. The van der Waals surface area contributed by atoms with Gasteiger partial charge in [0.1, 0.15) is 61.0 Å². The Balaban J connectivity index is 1.63. The third kappa shape index (κ3) is 8.51. The molecule has 21 atom stereocenters. The zero-order valence-electron chi connectivity index (χ0n) is 27.9. The normalized spacial score (nSPS) is 47.2. The maximum Gasteiger partial charge on any atom is 0.294 e. The molecule has 22 N–H and O–H groups in total. The van der Waals surface area contributed by atoms with Crippen LogP contribution in [0.25, 0.3) is 0 Å². The summed E-state index contributed by atoms with van der Waals surface area (Å²) < 4.78 is 56.8. The maximum atomic E-state index is 14.0. The Kier molecular flexibility index (Phi) is 14.6. The molecule has 52 heavy (non-hydrogen) atoms. The number of amides is 1. The first kappa shape index (κ1) is 43.3. The van der Waals surface area contributed by atoms with Gasteiger partial charge in [-0.3, -0.25) is 4.79 Å². The Hall–Kier alpha value is -1.47. The molecule has 4 fully saturated rings. The van der Waals surface area contributed by atoms with Gasteiger partial charge in [-0.05, 0) is 6.42 Å². The first-order chi connectivity index (χ1) is 24.3. The van der Waals surface area contributed by atoms with Gasteiger partial charge in [-0.25, -0.2) is 8.78 Å². The second-order valence-corrected chi connectivity index (χ2v) is 13.6. The Labute approximate surface area is 295 Å². The van der Waals surface area contributed by atoms with Crippen LogP contribution in [0.3, 0.4) is 0 Å². The van der Waals surface area contributed by atoms with Crippen LogP contribution in [0, 0.1) is 5.92 Å². The molecule has 4 aliphatic rings. The minimum absolute atomic E-state index is 0.262. The number of hydrogen-bond donors (Lipinski definition) is 16. The van der Waals surface area contributed by atoms with Crippen molar-refractivity contribution in [2.24, 2.45) is 40.3 Å². The monoisotopic (exact) mass is 765 g/mol. The maximum absolute atomic E-state index is 14.0. The number of carbonyl (C=O) groups excluding carboxylic acids is 1. The van der Waals surface area contributed by atoms with Crippen LogP contribution in [0.1, 0.15) is 6.42 Å². The van der Waals surface area contributed by atoms with Gasteiger partial charge < -0.3 is 109 Å². The van der Waals surface area contributed by atoms with Gasteiger partial charge in [0.25, 0.3) is 11.8 Å². The van der Waals surface area contributed by atoms with Crippen molar-refractivity contribution in [1.82, 2.24) is 5.32 Å². The van der Waals surface area contributed by atoms with Crippen molar-refractivity contribution in [3.05, 3.63) is 0 Å². The largest absolute Gasteiger partial charge is 0.394 e. The summed E-state index contributed by atoms with van der Waals surface area (Å²) in [7, 11) is 0. The van der Waals surface area contributed by atoms with Crippen LogP contribution < -0.4 is 39.7 Å². The Bertz CT molecular complexity index is 1170. The number of rotatable bonds is 13. The molecule has 22 nitrogen and oxygen atoms in total. The molecular weight excluding hydrogens is 712 g/mol. The van der Waals surface area contributed by atoms with Crippen molar-refractivity contribution in [3.8, 4) is 0 Å². The lowest BCUT2D eigenvalue weighted by atomic mass is 9.72. The van der Waals surface area contributed by atoms with Crippen LogP contribution in [0.5, 0.6) is 0 Å². The van der Waals surface area contributed by atoms with Gasteiger partial charge in [-0.15, -0.1) is 0 Å².